The Kier molecular flexibility index (Phi) is 20.9. The Balaban J connectivity index is 0.000000214. The zero-order valence-corrected chi connectivity index (χ0v) is 50.6. The van der Waals surface area contributed by atoms with Crippen LogP contribution in [0, 0.1) is 0 Å². The molecule has 0 bridgehead atoms. The SMILES string of the molecule is F[P-](F)(F)(F)(F)F.F[P-](F)(F)(F)(F)F.F[P-](F)(F)(F)(F)F.c1ccc(Sc2ccc([S+](c3ccccc3)c3ccccc3)cc2)cc1.c1ccc([S+](c2ccccc2)c2ccc(Sc3ccc([S+](c4ccccc4)c4ccccc4)cc3)cc2)cc1. The van der Waals surface area contributed by atoms with Gasteiger partial charge in [-0.1, -0.05) is 151 Å². The van der Waals surface area contributed by atoms with Gasteiger partial charge in [0.15, 0.2) is 44.1 Å². The zero-order valence-electron chi connectivity index (χ0n) is 43.8. The van der Waals surface area contributed by atoms with E-state index in [0.717, 1.165) is 0 Å². The first-order valence-corrected chi connectivity index (χ1v) is 35.9. The maximum atomic E-state index is 9.87. The van der Waals surface area contributed by atoms with Crippen molar-refractivity contribution in [1.82, 2.24) is 0 Å². The number of hydrogen-bond donors (Lipinski definition) is 0. The molecule has 0 aromatic heterocycles. The summed E-state index contributed by atoms with van der Waals surface area (Å²) in [6, 6.07) is 103. The fourth-order valence-electron chi connectivity index (χ4n) is 7.26. The van der Waals surface area contributed by atoms with Gasteiger partial charge in [0, 0.05) is 19.6 Å². The molecule has 10 aromatic carbocycles. The Hall–Kier alpha value is -6.02. The van der Waals surface area contributed by atoms with Crippen LogP contribution < -0.4 is 0 Å². The Morgan fingerprint density at radius 1 is 0.163 bits per heavy atom. The van der Waals surface area contributed by atoms with E-state index >= 15 is 0 Å². The van der Waals surface area contributed by atoms with Crippen molar-refractivity contribution in [3.05, 3.63) is 285 Å². The molecule has 0 unspecified atom stereocenters. The summed E-state index contributed by atoms with van der Waals surface area (Å²) in [6.45, 7) is 0. The summed E-state index contributed by atoms with van der Waals surface area (Å²) in [5.74, 6) is 0. The molecule has 0 aliphatic heterocycles. The summed E-state index contributed by atoms with van der Waals surface area (Å²) < 4.78 is 178. The van der Waals surface area contributed by atoms with Crippen LogP contribution in [-0.2, 0) is 32.7 Å². The normalized spacial score (nSPS) is 14.0. The summed E-state index contributed by atoms with van der Waals surface area (Å²) in [4.78, 5) is 17.1. The molecule has 0 atom stereocenters. The minimum absolute atomic E-state index is 0.0786. The fraction of sp³-hybridized carbons (Fsp3) is 0. The monoisotopic (exact) mass is 1360 g/mol. The van der Waals surface area contributed by atoms with Gasteiger partial charge in [-0.3, -0.25) is 0 Å². The Morgan fingerprint density at radius 3 is 0.430 bits per heavy atom. The van der Waals surface area contributed by atoms with Crippen LogP contribution in [0.2, 0.25) is 0 Å². The molecule has 0 amide bonds. The molecular formula is C60H47F18P3S5. The van der Waals surface area contributed by atoms with Crippen molar-refractivity contribution in [2.45, 2.75) is 63.6 Å². The van der Waals surface area contributed by atoms with Crippen LogP contribution >= 0.6 is 46.9 Å². The predicted molar refractivity (Wildman–Crippen MR) is 320 cm³/mol. The van der Waals surface area contributed by atoms with Crippen LogP contribution in [0.15, 0.2) is 349 Å². The van der Waals surface area contributed by atoms with E-state index in [9.17, 15) is 75.5 Å². The molecule has 86 heavy (non-hydrogen) atoms. The minimum Gasteiger partial charge on any atom is -0.0901 e. The Morgan fingerprint density at radius 2 is 0.279 bits per heavy atom. The molecule has 0 nitrogen and oxygen atoms in total. The van der Waals surface area contributed by atoms with Crippen LogP contribution in [-0.4, -0.2) is 0 Å². The summed E-state index contributed by atoms with van der Waals surface area (Å²) in [5.41, 5.74) is 0. The molecule has 0 fully saturated rings. The van der Waals surface area contributed by atoms with Gasteiger partial charge in [0.1, 0.15) is 0 Å². The van der Waals surface area contributed by atoms with E-state index in [1.807, 2.05) is 11.8 Å². The third-order valence-corrected chi connectivity index (χ3v) is 19.0. The molecule has 0 saturated carbocycles. The number of halogens is 18. The molecule has 0 aliphatic carbocycles. The largest absolute Gasteiger partial charge is 0.166 e. The Labute approximate surface area is 500 Å². The van der Waals surface area contributed by atoms with Crippen LogP contribution in [0.4, 0.5) is 75.5 Å². The van der Waals surface area contributed by atoms with Crippen LogP contribution in [0.25, 0.3) is 0 Å². The average Bonchev–Trinajstić information content (AvgIpc) is 1.42. The van der Waals surface area contributed by atoms with Gasteiger partial charge in [0.05, 0.1) is 32.7 Å². The second-order valence-electron chi connectivity index (χ2n) is 17.6. The van der Waals surface area contributed by atoms with E-state index in [0.29, 0.717) is 0 Å². The summed E-state index contributed by atoms with van der Waals surface area (Å²) >= 11 is 3.62. The van der Waals surface area contributed by atoms with Crippen LogP contribution in [0.3, 0.4) is 0 Å². The molecule has 0 radical (unpaired) electrons. The van der Waals surface area contributed by atoms with Crippen molar-refractivity contribution < 1.29 is 75.5 Å². The second kappa shape index (κ2) is 26.0. The van der Waals surface area contributed by atoms with E-state index in [2.05, 4.69) is 285 Å². The smallest absolute Gasteiger partial charge is 0.0901 e. The van der Waals surface area contributed by atoms with Crippen molar-refractivity contribution in [3.63, 3.8) is 0 Å². The van der Waals surface area contributed by atoms with E-state index in [1.165, 1.54) is 63.6 Å². The molecule has 26 heteroatoms. The fourth-order valence-corrected chi connectivity index (χ4v) is 15.2. The first-order chi connectivity index (χ1) is 39.6. The van der Waals surface area contributed by atoms with Crippen molar-refractivity contribution >= 4 is 79.6 Å². The van der Waals surface area contributed by atoms with E-state index < -0.39 is 23.4 Å². The molecule has 0 spiro atoms. The maximum absolute atomic E-state index is 10.7. The first kappa shape index (κ1) is 69.1. The zero-order chi connectivity index (χ0) is 63.1. The number of benzene rings is 10. The third-order valence-electron chi connectivity index (χ3n) is 10.3. The van der Waals surface area contributed by atoms with Gasteiger partial charge in [-0.2, -0.15) is 0 Å². The van der Waals surface area contributed by atoms with Crippen LogP contribution in [0.5, 0.6) is 0 Å². The molecular weight excluding hydrogens is 1320 g/mol. The van der Waals surface area contributed by atoms with Crippen LogP contribution in [0.1, 0.15) is 0 Å². The van der Waals surface area contributed by atoms with Crippen molar-refractivity contribution in [1.29, 1.82) is 0 Å². The van der Waals surface area contributed by atoms with Gasteiger partial charge in [0.2, 0.25) is 0 Å². The molecule has 0 saturated heterocycles. The van der Waals surface area contributed by atoms with Gasteiger partial charge < -0.3 is 0 Å². The summed E-state index contributed by atoms with van der Waals surface area (Å²) in [5, 5.41) is 0. The quantitative estimate of drug-likeness (QED) is 0.0641. The Bertz CT molecular complexity index is 3350. The van der Waals surface area contributed by atoms with Crippen molar-refractivity contribution in [2.24, 2.45) is 0 Å². The third kappa shape index (κ3) is 30.1. The van der Waals surface area contributed by atoms with E-state index in [-0.39, 0.29) is 32.7 Å². The minimum atomic E-state index is -10.7. The molecule has 0 N–H and O–H groups in total. The van der Waals surface area contributed by atoms with E-state index in [1.54, 1.807) is 11.8 Å². The predicted octanol–water partition coefficient (Wildman–Crippen LogP) is 27.1. The maximum Gasteiger partial charge on any atom is 0.166 e. The number of hydrogen-bond acceptors (Lipinski definition) is 2. The molecule has 458 valence electrons. The van der Waals surface area contributed by atoms with Crippen molar-refractivity contribution in [2.75, 3.05) is 0 Å². The second-order valence-corrected chi connectivity index (χ2v) is 31.7. The van der Waals surface area contributed by atoms with Crippen molar-refractivity contribution in [3.8, 4) is 0 Å². The topological polar surface area (TPSA) is 0 Å². The van der Waals surface area contributed by atoms with Gasteiger partial charge in [0.25, 0.3) is 0 Å². The molecule has 10 rings (SSSR count). The molecule has 0 aliphatic rings. The number of rotatable bonds is 13. The summed E-state index contributed by atoms with van der Waals surface area (Å²) in [6.07, 6.45) is 0. The first-order valence-electron chi connectivity index (χ1n) is 24.5. The van der Waals surface area contributed by atoms with Gasteiger partial charge >= 0.3 is 99.0 Å². The van der Waals surface area contributed by atoms with Gasteiger partial charge in [-0.05, 0) is 158 Å². The average molecular weight is 1360 g/mol. The standard InChI is InChI=1S/C36H28S3.C24H19S2.3F6P/c1-5-13-31(14-6-1)38(32-15-7-2-8-16-32)35-25-21-29(22-26-35)37-30-23-27-36(28-24-30)39(33-17-9-3-10-18-33)34-19-11-4-12-20-34;1-4-10-20(11-5-1)25-21-16-18-24(19-17-21)26(22-12-6-2-7-13-22)23-14-8-3-9-15-23;3*1-7(2,3,4,5)6/h1-28H;1-19H;;;/q+2;+1;3*-1. The summed E-state index contributed by atoms with van der Waals surface area (Å²) in [7, 11) is -32.3. The molecule has 10 aromatic rings. The van der Waals surface area contributed by atoms with Gasteiger partial charge in [-0.15, -0.1) is 0 Å². The van der Waals surface area contributed by atoms with E-state index in [4.69, 9.17) is 0 Å². The molecule has 0 heterocycles. The van der Waals surface area contributed by atoms with Gasteiger partial charge in [-0.25, -0.2) is 0 Å².